The van der Waals surface area contributed by atoms with E-state index in [0.717, 1.165) is 5.56 Å². The number of amides is 1. The Balaban J connectivity index is 1.79. The standard InChI is InChI=1S/C12H19N5O2/c1-9-11(13)15-8-16-12(9)14-3-2-10(18)17-4-6-19-7-5-17/h8H,2-7H2,1H3,(H3,13,14,15,16). The molecule has 0 unspecified atom stereocenters. The topological polar surface area (TPSA) is 93.4 Å². The Morgan fingerprint density at radius 3 is 2.95 bits per heavy atom. The lowest BCUT2D eigenvalue weighted by molar-refractivity contribution is -0.134. The van der Waals surface area contributed by atoms with Crippen LogP contribution in [-0.4, -0.2) is 53.6 Å². The molecule has 1 aromatic rings. The van der Waals surface area contributed by atoms with Crippen LogP contribution in [-0.2, 0) is 9.53 Å². The van der Waals surface area contributed by atoms with Crippen LogP contribution in [0.2, 0.25) is 0 Å². The second-order valence-electron chi connectivity index (χ2n) is 4.40. The third kappa shape index (κ3) is 3.54. The van der Waals surface area contributed by atoms with E-state index in [1.54, 1.807) is 0 Å². The van der Waals surface area contributed by atoms with Crippen LogP contribution in [0.4, 0.5) is 11.6 Å². The highest BCUT2D eigenvalue weighted by atomic mass is 16.5. The van der Waals surface area contributed by atoms with Gasteiger partial charge >= 0.3 is 0 Å². The van der Waals surface area contributed by atoms with Gasteiger partial charge in [0.25, 0.3) is 0 Å². The Kier molecular flexibility index (Phi) is 4.51. The first-order valence-electron chi connectivity index (χ1n) is 6.35. The van der Waals surface area contributed by atoms with Crippen LogP contribution in [0.1, 0.15) is 12.0 Å². The molecule has 104 valence electrons. The number of morpholine rings is 1. The van der Waals surface area contributed by atoms with Gasteiger partial charge in [0.05, 0.1) is 13.2 Å². The highest BCUT2D eigenvalue weighted by Crippen LogP contribution is 2.14. The van der Waals surface area contributed by atoms with Crippen molar-refractivity contribution in [1.29, 1.82) is 0 Å². The number of ether oxygens (including phenoxy) is 1. The van der Waals surface area contributed by atoms with Crippen LogP contribution >= 0.6 is 0 Å². The predicted octanol–water partition coefficient (Wildman–Crippen LogP) is 0.0280. The van der Waals surface area contributed by atoms with E-state index in [1.165, 1.54) is 6.33 Å². The summed E-state index contributed by atoms with van der Waals surface area (Å²) < 4.78 is 5.21. The summed E-state index contributed by atoms with van der Waals surface area (Å²) in [7, 11) is 0. The lowest BCUT2D eigenvalue weighted by Gasteiger charge is -2.26. The van der Waals surface area contributed by atoms with Gasteiger partial charge in [-0.3, -0.25) is 4.79 Å². The first-order chi connectivity index (χ1) is 9.18. The van der Waals surface area contributed by atoms with E-state index in [4.69, 9.17) is 10.5 Å². The number of carbonyl (C=O) groups excluding carboxylic acids is 1. The SMILES string of the molecule is Cc1c(N)ncnc1NCCC(=O)N1CCOCC1. The summed E-state index contributed by atoms with van der Waals surface area (Å²) in [5.74, 6) is 1.27. The first-order valence-corrected chi connectivity index (χ1v) is 6.35. The molecule has 3 N–H and O–H groups in total. The number of hydrogen-bond donors (Lipinski definition) is 2. The summed E-state index contributed by atoms with van der Waals surface area (Å²) in [5.41, 5.74) is 6.50. The van der Waals surface area contributed by atoms with Crippen LogP contribution in [0.5, 0.6) is 0 Å². The van der Waals surface area contributed by atoms with E-state index in [-0.39, 0.29) is 5.91 Å². The average molecular weight is 265 g/mol. The third-order valence-electron chi connectivity index (χ3n) is 3.12. The third-order valence-corrected chi connectivity index (χ3v) is 3.12. The Labute approximate surface area is 112 Å². The molecule has 0 saturated carbocycles. The number of nitrogen functional groups attached to an aromatic ring is 1. The molecule has 1 fully saturated rings. The molecule has 0 aliphatic carbocycles. The van der Waals surface area contributed by atoms with Gasteiger partial charge in [0.1, 0.15) is 18.0 Å². The molecule has 1 amide bonds. The van der Waals surface area contributed by atoms with Gasteiger partial charge in [-0.1, -0.05) is 0 Å². The Hall–Kier alpha value is -1.89. The zero-order chi connectivity index (χ0) is 13.7. The number of anilines is 2. The van der Waals surface area contributed by atoms with E-state index in [0.29, 0.717) is 50.9 Å². The van der Waals surface area contributed by atoms with Crippen molar-refractivity contribution >= 4 is 17.5 Å². The molecule has 0 spiro atoms. The smallest absolute Gasteiger partial charge is 0.224 e. The molecule has 1 aliphatic heterocycles. The van der Waals surface area contributed by atoms with Crippen molar-refractivity contribution in [3.63, 3.8) is 0 Å². The van der Waals surface area contributed by atoms with Gasteiger partial charge in [-0.2, -0.15) is 0 Å². The fourth-order valence-corrected chi connectivity index (χ4v) is 1.90. The fraction of sp³-hybridized carbons (Fsp3) is 0.583. The number of rotatable bonds is 4. The van der Waals surface area contributed by atoms with Crippen molar-refractivity contribution in [3.8, 4) is 0 Å². The Bertz CT molecular complexity index is 446. The lowest BCUT2D eigenvalue weighted by Crippen LogP contribution is -2.41. The van der Waals surface area contributed by atoms with Crippen LogP contribution in [0.3, 0.4) is 0 Å². The molecule has 1 aromatic heterocycles. The maximum absolute atomic E-state index is 11.9. The van der Waals surface area contributed by atoms with Crippen LogP contribution in [0.25, 0.3) is 0 Å². The summed E-state index contributed by atoms with van der Waals surface area (Å²) in [6, 6.07) is 0. The molecule has 2 heterocycles. The zero-order valence-corrected chi connectivity index (χ0v) is 11.1. The average Bonchev–Trinajstić information content (AvgIpc) is 2.44. The van der Waals surface area contributed by atoms with Gasteiger partial charge in [0, 0.05) is 31.6 Å². The monoisotopic (exact) mass is 265 g/mol. The van der Waals surface area contributed by atoms with Crippen molar-refractivity contribution in [2.45, 2.75) is 13.3 Å². The second-order valence-corrected chi connectivity index (χ2v) is 4.40. The molecule has 0 atom stereocenters. The lowest BCUT2D eigenvalue weighted by atomic mass is 10.3. The highest BCUT2D eigenvalue weighted by molar-refractivity contribution is 5.76. The largest absolute Gasteiger partial charge is 0.383 e. The van der Waals surface area contributed by atoms with E-state index in [2.05, 4.69) is 15.3 Å². The quantitative estimate of drug-likeness (QED) is 0.797. The molecule has 0 aromatic carbocycles. The fourth-order valence-electron chi connectivity index (χ4n) is 1.90. The van der Waals surface area contributed by atoms with Crippen molar-refractivity contribution in [1.82, 2.24) is 14.9 Å². The van der Waals surface area contributed by atoms with Gasteiger partial charge in [0.15, 0.2) is 0 Å². The van der Waals surface area contributed by atoms with Gasteiger partial charge in [-0.25, -0.2) is 9.97 Å². The van der Waals surface area contributed by atoms with Gasteiger partial charge < -0.3 is 20.7 Å². The molecule has 2 rings (SSSR count). The number of hydrogen-bond acceptors (Lipinski definition) is 6. The molecule has 1 saturated heterocycles. The molecular formula is C12H19N5O2. The van der Waals surface area contributed by atoms with Crippen molar-refractivity contribution in [3.05, 3.63) is 11.9 Å². The minimum atomic E-state index is 0.135. The molecule has 1 aliphatic rings. The normalized spacial score (nSPS) is 15.3. The maximum atomic E-state index is 11.9. The summed E-state index contributed by atoms with van der Waals surface area (Å²) in [4.78, 5) is 21.7. The molecule has 7 nitrogen and oxygen atoms in total. The number of nitrogens with zero attached hydrogens (tertiary/aromatic N) is 3. The zero-order valence-electron chi connectivity index (χ0n) is 11.1. The van der Waals surface area contributed by atoms with Crippen LogP contribution in [0, 0.1) is 6.92 Å². The van der Waals surface area contributed by atoms with Crippen LogP contribution in [0.15, 0.2) is 6.33 Å². The molecular weight excluding hydrogens is 246 g/mol. The first kappa shape index (κ1) is 13.5. The molecule has 0 bridgehead atoms. The van der Waals surface area contributed by atoms with Gasteiger partial charge in [0.2, 0.25) is 5.91 Å². The summed E-state index contributed by atoms with van der Waals surface area (Å²) in [6.07, 6.45) is 1.85. The van der Waals surface area contributed by atoms with Crippen molar-refractivity contribution < 1.29 is 9.53 Å². The number of nitrogens with two attached hydrogens (primary N) is 1. The summed E-state index contributed by atoms with van der Waals surface area (Å²) in [5, 5.41) is 3.11. The van der Waals surface area contributed by atoms with Gasteiger partial charge in [-0.05, 0) is 6.92 Å². The second kappa shape index (κ2) is 6.33. The van der Waals surface area contributed by atoms with E-state index in [9.17, 15) is 4.79 Å². The molecule has 19 heavy (non-hydrogen) atoms. The number of carbonyl (C=O) groups is 1. The van der Waals surface area contributed by atoms with Crippen LogP contribution < -0.4 is 11.1 Å². The van der Waals surface area contributed by atoms with E-state index in [1.807, 2.05) is 11.8 Å². The number of aromatic nitrogens is 2. The Morgan fingerprint density at radius 1 is 1.47 bits per heavy atom. The van der Waals surface area contributed by atoms with E-state index >= 15 is 0 Å². The highest BCUT2D eigenvalue weighted by Gasteiger charge is 2.16. The minimum Gasteiger partial charge on any atom is -0.383 e. The summed E-state index contributed by atoms with van der Waals surface area (Å²) >= 11 is 0. The van der Waals surface area contributed by atoms with Crippen molar-refractivity contribution in [2.75, 3.05) is 43.9 Å². The summed E-state index contributed by atoms with van der Waals surface area (Å²) in [6.45, 7) is 4.99. The predicted molar refractivity (Wildman–Crippen MR) is 71.7 cm³/mol. The minimum absolute atomic E-state index is 0.135. The van der Waals surface area contributed by atoms with Crippen molar-refractivity contribution in [2.24, 2.45) is 0 Å². The maximum Gasteiger partial charge on any atom is 0.224 e. The van der Waals surface area contributed by atoms with Gasteiger partial charge in [-0.15, -0.1) is 0 Å². The van der Waals surface area contributed by atoms with E-state index < -0.39 is 0 Å². The molecule has 0 radical (unpaired) electrons. The molecule has 7 heteroatoms. The Morgan fingerprint density at radius 2 is 2.21 bits per heavy atom. The number of nitrogens with one attached hydrogen (secondary N) is 1.